The number of halogens is 1. The number of nitrogens with zero attached hydrogens (tertiary/aromatic N) is 2. The minimum atomic E-state index is -0.348. The lowest BCUT2D eigenvalue weighted by Gasteiger charge is -2.28. The maximum absolute atomic E-state index is 14.2. The quantitative estimate of drug-likeness (QED) is 0.308. The number of aryl methyl sites for hydroxylation is 2. The number of rotatable bonds is 10. The van der Waals surface area contributed by atoms with Gasteiger partial charge in [-0.25, -0.2) is 4.39 Å². The number of anilines is 2. The largest absolute Gasteiger partial charge is 0.488 e. The molecule has 0 aliphatic heterocycles. The number of ether oxygens (including phenoxy) is 2. The molecule has 1 aliphatic rings. The first-order valence-electron chi connectivity index (χ1n) is 12.8. The predicted molar refractivity (Wildman–Crippen MR) is 143 cm³/mol. The first-order valence-corrected chi connectivity index (χ1v) is 13.6. The van der Waals surface area contributed by atoms with Gasteiger partial charge >= 0.3 is 0 Å². The maximum Gasteiger partial charge on any atom is 0.261 e. The summed E-state index contributed by atoms with van der Waals surface area (Å²) in [5.74, 6) is 1.43. The van der Waals surface area contributed by atoms with Gasteiger partial charge in [0.25, 0.3) is 5.91 Å². The molecule has 1 fully saturated rings. The Labute approximate surface area is 216 Å². The summed E-state index contributed by atoms with van der Waals surface area (Å²) >= 11 is 1.39. The molecule has 1 aromatic carbocycles. The van der Waals surface area contributed by atoms with Crippen molar-refractivity contribution in [2.75, 3.05) is 19.0 Å². The van der Waals surface area contributed by atoms with E-state index in [-0.39, 0.29) is 23.9 Å². The SMILES string of the molecule is COC1CCC(Oc2cc(F)ccc2Nc2c3c(C)c(C(=O)NCCCC(C)C)sc3nn2C)CC1. The lowest BCUT2D eigenvalue weighted by Crippen LogP contribution is -2.27. The van der Waals surface area contributed by atoms with Gasteiger partial charge in [0, 0.05) is 26.8 Å². The van der Waals surface area contributed by atoms with Gasteiger partial charge in [0.2, 0.25) is 0 Å². The molecule has 2 heterocycles. The summed E-state index contributed by atoms with van der Waals surface area (Å²) in [6.45, 7) is 6.97. The number of hydrogen-bond acceptors (Lipinski definition) is 6. The van der Waals surface area contributed by atoms with Gasteiger partial charge in [-0.1, -0.05) is 13.8 Å². The summed E-state index contributed by atoms with van der Waals surface area (Å²) in [6, 6.07) is 4.53. The first-order chi connectivity index (χ1) is 17.3. The maximum atomic E-state index is 14.2. The van der Waals surface area contributed by atoms with Crippen LogP contribution in [-0.4, -0.2) is 41.6 Å². The number of nitrogens with one attached hydrogen (secondary N) is 2. The van der Waals surface area contributed by atoms with Crippen molar-refractivity contribution in [2.24, 2.45) is 13.0 Å². The number of aromatic nitrogens is 2. The van der Waals surface area contributed by atoms with Crippen LogP contribution in [0.15, 0.2) is 18.2 Å². The topological polar surface area (TPSA) is 77.4 Å². The molecule has 0 bridgehead atoms. The molecule has 4 rings (SSSR count). The smallest absolute Gasteiger partial charge is 0.261 e. The monoisotopic (exact) mass is 516 g/mol. The summed E-state index contributed by atoms with van der Waals surface area (Å²) in [5.41, 5.74) is 1.55. The molecule has 1 amide bonds. The molecular formula is C27H37FN4O3S. The number of hydrogen-bond donors (Lipinski definition) is 2. The van der Waals surface area contributed by atoms with Crippen LogP contribution in [-0.2, 0) is 11.8 Å². The van der Waals surface area contributed by atoms with E-state index in [0.29, 0.717) is 28.8 Å². The van der Waals surface area contributed by atoms with E-state index in [1.54, 1.807) is 17.9 Å². The molecule has 196 valence electrons. The van der Waals surface area contributed by atoms with Crippen molar-refractivity contribution in [3.8, 4) is 5.75 Å². The van der Waals surface area contributed by atoms with Crippen LogP contribution in [0.2, 0.25) is 0 Å². The van der Waals surface area contributed by atoms with E-state index in [9.17, 15) is 9.18 Å². The average Bonchev–Trinajstić information content (AvgIpc) is 3.33. The molecule has 0 saturated heterocycles. The van der Waals surface area contributed by atoms with Gasteiger partial charge in [-0.15, -0.1) is 11.3 Å². The molecule has 36 heavy (non-hydrogen) atoms. The molecule has 1 saturated carbocycles. The summed E-state index contributed by atoms with van der Waals surface area (Å²) in [6.07, 6.45) is 5.90. The molecule has 3 aromatic rings. The summed E-state index contributed by atoms with van der Waals surface area (Å²) < 4.78 is 27.6. The second kappa shape index (κ2) is 11.6. The highest BCUT2D eigenvalue weighted by Gasteiger charge is 2.25. The third kappa shape index (κ3) is 6.00. The highest BCUT2D eigenvalue weighted by Crippen LogP contribution is 2.39. The normalized spacial score (nSPS) is 18.1. The number of amides is 1. The summed E-state index contributed by atoms with van der Waals surface area (Å²) in [7, 11) is 3.60. The van der Waals surface area contributed by atoms with Crippen LogP contribution in [0.4, 0.5) is 15.9 Å². The standard InChI is InChI=1S/C27H37FN4O3S/c1-16(2)7-6-14-29-26(33)24-17(3)23-25(32(4)31-27(23)36-24)30-21-13-8-18(28)15-22(21)35-20-11-9-19(34-5)10-12-20/h8,13,15-16,19-20,30H,6-7,9-12,14H2,1-5H3,(H,29,33). The van der Waals surface area contributed by atoms with Crippen LogP contribution in [0.3, 0.4) is 0 Å². The molecule has 9 heteroatoms. The minimum absolute atomic E-state index is 0.0131. The van der Waals surface area contributed by atoms with E-state index in [0.717, 1.165) is 60.1 Å². The van der Waals surface area contributed by atoms with E-state index >= 15 is 0 Å². The third-order valence-corrected chi connectivity index (χ3v) is 8.00. The Bertz CT molecular complexity index is 1200. The van der Waals surface area contributed by atoms with Crippen molar-refractivity contribution in [3.63, 3.8) is 0 Å². The van der Waals surface area contributed by atoms with E-state index < -0.39 is 0 Å². The van der Waals surface area contributed by atoms with E-state index in [1.165, 1.54) is 23.5 Å². The molecule has 7 nitrogen and oxygen atoms in total. The third-order valence-electron chi connectivity index (χ3n) is 6.82. The van der Waals surface area contributed by atoms with Gasteiger partial charge < -0.3 is 20.1 Å². The van der Waals surface area contributed by atoms with Crippen LogP contribution < -0.4 is 15.4 Å². The number of carbonyl (C=O) groups excluding carboxylic acids is 1. The Morgan fingerprint density at radius 2 is 1.97 bits per heavy atom. The second-order valence-corrected chi connectivity index (χ2v) is 11.0. The Balaban J connectivity index is 1.54. The lowest BCUT2D eigenvalue weighted by molar-refractivity contribution is 0.0329. The molecule has 0 radical (unpaired) electrons. The van der Waals surface area contributed by atoms with Gasteiger partial charge in [0.15, 0.2) is 0 Å². The van der Waals surface area contributed by atoms with Gasteiger partial charge in [0.1, 0.15) is 22.2 Å². The van der Waals surface area contributed by atoms with Gasteiger partial charge in [0.05, 0.1) is 28.2 Å². The number of carbonyl (C=O) groups is 1. The minimum Gasteiger partial charge on any atom is -0.488 e. The first kappa shape index (κ1) is 26.4. The zero-order valence-corrected chi connectivity index (χ0v) is 22.6. The molecule has 1 aliphatic carbocycles. The Kier molecular flexibility index (Phi) is 8.51. The fraction of sp³-hybridized carbons (Fsp3) is 0.556. The van der Waals surface area contributed by atoms with Crippen molar-refractivity contribution < 1.29 is 18.7 Å². The lowest BCUT2D eigenvalue weighted by atomic mass is 9.95. The van der Waals surface area contributed by atoms with Crippen LogP contribution in [0.1, 0.15) is 67.6 Å². The number of thiophene rings is 1. The molecular weight excluding hydrogens is 479 g/mol. The van der Waals surface area contributed by atoms with E-state index in [4.69, 9.17) is 9.47 Å². The molecule has 0 unspecified atom stereocenters. The Morgan fingerprint density at radius 3 is 2.67 bits per heavy atom. The van der Waals surface area contributed by atoms with Crippen LogP contribution in [0.25, 0.3) is 10.2 Å². The number of methoxy groups -OCH3 is 1. The van der Waals surface area contributed by atoms with Gasteiger partial charge in [-0.3, -0.25) is 9.48 Å². The Morgan fingerprint density at radius 1 is 1.25 bits per heavy atom. The number of benzene rings is 1. The Hall–Kier alpha value is -2.65. The van der Waals surface area contributed by atoms with Crippen LogP contribution in [0, 0.1) is 18.7 Å². The zero-order valence-electron chi connectivity index (χ0n) is 21.8. The summed E-state index contributed by atoms with van der Waals surface area (Å²) in [4.78, 5) is 14.3. The van der Waals surface area contributed by atoms with Gasteiger partial charge in [-0.05, 0) is 69.1 Å². The van der Waals surface area contributed by atoms with Crippen molar-refractivity contribution in [2.45, 2.75) is 71.5 Å². The second-order valence-electron chi connectivity index (χ2n) is 10.0. The molecule has 0 spiro atoms. The molecule has 0 atom stereocenters. The molecule has 2 N–H and O–H groups in total. The van der Waals surface area contributed by atoms with Crippen molar-refractivity contribution in [1.29, 1.82) is 0 Å². The highest BCUT2D eigenvalue weighted by atomic mass is 32.1. The van der Waals surface area contributed by atoms with Crippen molar-refractivity contribution in [1.82, 2.24) is 15.1 Å². The fourth-order valence-electron chi connectivity index (χ4n) is 4.74. The number of fused-ring (bicyclic) bond motifs is 1. The zero-order chi connectivity index (χ0) is 25.8. The van der Waals surface area contributed by atoms with Crippen LogP contribution in [0.5, 0.6) is 5.75 Å². The van der Waals surface area contributed by atoms with Crippen molar-refractivity contribution >= 4 is 39.0 Å². The van der Waals surface area contributed by atoms with Crippen LogP contribution >= 0.6 is 11.3 Å². The average molecular weight is 517 g/mol. The highest BCUT2D eigenvalue weighted by molar-refractivity contribution is 7.20. The van der Waals surface area contributed by atoms with Gasteiger partial charge in [-0.2, -0.15) is 5.10 Å². The molecule has 2 aromatic heterocycles. The van der Waals surface area contributed by atoms with Crippen molar-refractivity contribution in [3.05, 3.63) is 34.5 Å². The summed E-state index contributed by atoms with van der Waals surface area (Å²) in [5, 5.41) is 12.0. The predicted octanol–water partition coefficient (Wildman–Crippen LogP) is 6.33. The fourth-order valence-corrected chi connectivity index (χ4v) is 5.87. The van der Waals surface area contributed by atoms with E-state index in [2.05, 4.69) is 29.6 Å². The van der Waals surface area contributed by atoms with E-state index in [1.807, 2.05) is 14.0 Å².